The first-order chi connectivity index (χ1) is 16.1. The van der Waals surface area contributed by atoms with Gasteiger partial charge < -0.3 is 20.3 Å². The molecule has 33 heavy (non-hydrogen) atoms. The summed E-state index contributed by atoms with van der Waals surface area (Å²) in [6.07, 6.45) is 10.5. The molecular weight excluding hydrogens is 418 g/mol. The first kappa shape index (κ1) is 20.9. The van der Waals surface area contributed by atoms with Crippen molar-refractivity contribution in [3.8, 4) is 0 Å². The number of likely N-dealkylation sites (tertiary alicyclic amines) is 1. The Bertz CT molecular complexity index is 985. The van der Waals surface area contributed by atoms with E-state index in [1.807, 2.05) is 42.5 Å². The fraction of sp³-hybridized carbons (Fsp3) is 0.577. The van der Waals surface area contributed by atoms with Gasteiger partial charge in [0.15, 0.2) is 0 Å². The topological polar surface area (TPSA) is 87.7 Å². The molecule has 5 atom stereocenters. The van der Waals surface area contributed by atoms with Crippen molar-refractivity contribution in [1.29, 1.82) is 0 Å². The molecule has 7 nitrogen and oxygen atoms in total. The third-order valence-corrected chi connectivity index (χ3v) is 8.06. The molecule has 1 aromatic rings. The third kappa shape index (κ3) is 3.39. The zero-order chi connectivity index (χ0) is 22.6. The van der Waals surface area contributed by atoms with Crippen LogP contribution in [0.2, 0.25) is 0 Å². The summed E-state index contributed by atoms with van der Waals surface area (Å²) in [4.78, 5) is 42.3. The maximum absolute atomic E-state index is 13.7. The highest BCUT2D eigenvalue weighted by atomic mass is 16.5. The lowest BCUT2D eigenvalue weighted by Gasteiger charge is -2.34. The number of hydrogen-bond acceptors (Lipinski definition) is 4. The van der Waals surface area contributed by atoms with E-state index < -0.39 is 29.6 Å². The molecular formula is C26H31N3O4. The van der Waals surface area contributed by atoms with Crippen LogP contribution in [0.15, 0.2) is 42.5 Å². The largest absolute Gasteiger partial charge is 0.359 e. The molecule has 3 amide bonds. The Labute approximate surface area is 193 Å². The second kappa shape index (κ2) is 7.97. The van der Waals surface area contributed by atoms with Gasteiger partial charge in [0.05, 0.1) is 17.9 Å². The van der Waals surface area contributed by atoms with Crippen LogP contribution in [-0.2, 0) is 25.7 Å². The Morgan fingerprint density at radius 2 is 1.79 bits per heavy atom. The second-order valence-corrected chi connectivity index (χ2v) is 10.2. The highest BCUT2D eigenvalue weighted by Gasteiger charge is 2.74. The minimum absolute atomic E-state index is 0.0728. The minimum Gasteiger partial charge on any atom is -0.359 e. The molecule has 1 spiro atoms. The van der Waals surface area contributed by atoms with E-state index in [4.69, 9.17) is 4.74 Å². The van der Waals surface area contributed by atoms with E-state index in [9.17, 15) is 14.4 Å². The van der Waals surface area contributed by atoms with E-state index in [-0.39, 0.29) is 29.8 Å². The van der Waals surface area contributed by atoms with E-state index in [1.54, 1.807) is 4.90 Å². The van der Waals surface area contributed by atoms with Crippen LogP contribution in [0.5, 0.6) is 0 Å². The fourth-order valence-corrected chi connectivity index (χ4v) is 6.38. The van der Waals surface area contributed by atoms with Gasteiger partial charge in [-0.25, -0.2) is 0 Å². The molecule has 3 aliphatic heterocycles. The van der Waals surface area contributed by atoms with Crippen LogP contribution in [0.1, 0.15) is 50.5 Å². The summed E-state index contributed by atoms with van der Waals surface area (Å²) in [6.45, 7) is 0.401. The van der Waals surface area contributed by atoms with Crippen LogP contribution < -0.4 is 10.6 Å². The molecule has 5 aliphatic rings. The predicted octanol–water partition coefficient (Wildman–Crippen LogP) is 2.06. The van der Waals surface area contributed by atoms with Gasteiger partial charge in [0.1, 0.15) is 11.6 Å². The van der Waals surface area contributed by atoms with Crippen molar-refractivity contribution in [2.24, 2.45) is 11.8 Å². The van der Waals surface area contributed by atoms with Crippen molar-refractivity contribution >= 4 is 17.7 Å². The quantitative estimate of drug-likeness (QED) is 0.651. The number of rotatable bonds is 6. The summed E-state index contributed by atoms with van der Waals surface area (Å²) >= 11 is 0. The molecule has 2 bridgehead atoms. The van der Waals surface area contributed by atoms with Gasteiger partial charge in [-0.2, -0.15) is 0 Å². The molecule has 2 N–H and O–H groups in total. The molecule has 174 valence electrons. The number of fused-ring (bicyclic) bond motifs is 1. The lowest BCUT2D eigenvalue weighted by atomic mass is 9.74. The smallest absolute Gasteiger partial charge is 0.246 e. The molecule has 0 unspecified atom stereocenters. The molecule has 7 heteroatoms. The summed E-state index contributed by atoms with van der Waals surface area (Å²) in [5.41, 5.74) is -0.0417. The van der Waals surface area contributed by atoms with E-state index >= 15 is 0 Å². The van der Waals surface area contributed by atoms with Crippen molar-refractivity contribution in [2.75, 3.05) is 0 Å². The number of nitrogens with zero attached hydrogens (tertiary/aromatic N) is 1. The van der Waals surface area contributed by atoms with Gasteiger partial charge in [0.2, 0.25) is 17.7 Å². The zero-order valence-corrected chi connectivity index (χ0v) is 18.7. The molecule has 0 radical (unpaired) electrons. The van der Waals surface area contributed by atoms with Crippen molar-refractivity contribution in [3.05, 3.63) is 48.0 Å². The van der Waals surface area contributed by atoms with Crippen LogP contribution in [0.3, 0.4) is 0 Å². The maximum atomic E-state index is 13.7. The lowest BCUT2D eigenvalue weighted by molar-refractivity contribution is -0.142. The van der Waals surface area contributed by atoms with Crippen LogP contribution in [0, 0.1) is 11.8 Å². The SMILES string of the molecule is O=C(NCc1ccccc1)[C@H]1[C@@H]2C=C[C@]3(O2)[C@@H]1C(=O)N(C1CC1)[C@@H]3C(=O)NC1CCCCC1. The number of carbonyl (C=O) groups excluding carboxylic acids is 3. The Balaban J connectivity index is 1.25. The van der Waals surface area contributed by atoms with Crippen LogP contribution >= 0.6 is 0 Å². The fourth-order valence-electron chi connectivity index (χ4n) is 6.38. The highest BCUT2D eigenvalue weighted by Crippen LogP contribution is 2.57. The summed E-state index contributed by atoms with van der Waals surface area (Å²) < 4.78 is 6.38. The zero-order valence-electron chi connectivity index (χ0n) is 18.7. The molecule has 2 saturated carbocycles. The van der Waals surface area contributed by atoms with Gasteiger partial charge in [-0.15, -0.1) is 0 Å². The molecule has 4 fully saturated rings. The summed E-state index contributed by atoms with van der Waals surface area (Å²) in [5.74, 6) is -1.67. The van der Waals surface area contributed by atoms with E-state index in [2.05, 4.69) is 10.6 Å². The van der Waals surface area contributed by atoms with E-state index in [0.717, 1.165) is 44.1 Å². The Morgan fingerprint density at radius 3 is 2.52 bits per heavy atom. The first-order valence-corrected chi connectivity index (χ1v) is 12.4. The summed E-state index contributed by atoms with van der Waals surface area (Å²) in [6, 6.07) is 9.26. The van der Waals surface area contributed by atoms with E-state index in [0.29, 0.717) is 6.54 Å². The van der Waals surface area contributed by atoms with Crippen molar-refractivity contribution in [2.45, 2.75) is 81.3 Å². The number of nitrogens with one attached hydrogen (secondary N) is 2. The molecule has 1 aromatic carbocycles. The van der Waals surface area contributed by atoms with Gasteiger partial charge in [0.25, 0.3) is 0 Å². The van der Waals surface area contributed by atoms with Crippen LogP contribution in [0.25, 0.3) is 0 Å². The van der Waals surface area contributed by atoms with Crippen molar-refractivity contribution in [1.82, 2.24) is 15.5 Å². The molecule has 0 aromatic heterocycles. The summed E-state index contributed by atoms with van der Waals surface area (Å²) in [7, 11) is 0. The number of hydrogen-bond donors (Lipinski definition) is 2. The maximum Gasteiger partial charge on any atom is 0.246 e. The van der Waals surface area contributed by atoms with Gasteiger partial charge in [-0.05, 0) is 31.2 Å². The molecule has 2 aliphatic carbocycles. The molecule has 6 rings (SSSR count). The second-order valence-electron chi connectivity index (χ2n) is 10.2. The Hall–Kier alpha value is -2.67. The Morgan fingerprint density at radius 1 is 1.03 bits per heavy atom. The van der Waals surface area contributed by atoms with Crippen molar-refractivity contribution < 1.29 is 19.1 Å². The third-order valence-electron chi connectivity index (χ3n) is 8.06. The molecule has 3 heterocycles. The number of ether oxygens (including phenoxy) is 1. The molecule has 2 saturated heterocycles. The summed E-state index contributed by atoms with van der Waals surface area (Å²) in [5, 5.41) is 6.23. The number of amides is 3. The van der Waals surface area contributed by atoms with Gasteiger partial charge in [0, 0.05) is 18.6 Å². The van der Waals surface area contributed by atoms with Gasteiger partial charge in [-0.1, -0.05) is 61.7 Å². The van der Waals surface area contributed by atoms with Crippen LogP contribution in [-0.4, -0.2) is 52.5 Å². The van der Waals surface area contributed by atoms with E-state index in [1.165, 1.54) is 6.42 Å². The van der Waals surface area contributed by atoms with Crippen LogP contribution in [0.4, 0.5) is 0 Å². The highest BCUT2D eigenvalue weighted by molar-refractivity contribution is 6.00. The Kier molecular flexibility index (Phi) is 5.05. The number of benzene rings is 1. The normalized spacial score (nSPS) is 35.0. The predicted molar refractivity (Wildman–Crippen MR) is 121 cm³/mol. The van der Waals surface area contributed by atoms with Gasteiger partial charge in [-0.3, -0.25) is 14.4 Å². The lowest BCUT2D eigenvalue weighted by Crippen LogP contribution is -2.57. The standard InChI is InChI=1S/C26H31N3O4/c30-23(27-15-16-7-3-1-4-8-16)20-19-13-14-26(33-19)21(20)25(32)29(18-11-12-18)22(26)24(31)28-17-9-5-2-6-10-17/h1,3-4,7-8,13-14,17-22H,2,5-6,9-12,15H2,(H,27,30)(H,28,31)/t19-,20-,21-,22+,26-/m0/s1. The monoisotopic (exact) mass is 449 g/mol. The minimum atomic E-state index is -1.04. The number of carbonyl (C=O) groups is 3. The first-order valence-electron chi connectivity index (χ1n) is 12.4. The average Bonchev–Trinajstić information content (AvgIpc) is 3.43. The van der Waals surface area contributed by atoms with Crippen molar-refractivity contribution in [3.63, 3.8) is 0 Å². The van der Waals surface area contributed by atoms with Gasteiger partial charge >= 0.3 is 0 Å². The average molecular weight is 450 g/mol.